The second-order valence-corrected chi connectivity index (χ2v) is 10.7. The number of hydrogen-bond donors (Lipinski definition) is 2. The summed E-state index contributed by atoms with van der Waals surface area (Å²) in [5.41, 5.74) is 1.86. The summed E-state index contributed by atoms with van der Waals surface area (Å²) in [6.07, 6.45) is 0. The molecule has 6 nitrogen and oxygen atoms in total. The summed E-state index contributed by atoms with van der Waals surface area (Å²) < 4.78 is 14.4. The van der Waals surface area contributed by atoms with E-state index in [2.05, 4.69) is 26.6 Å². The van der Waals surface area contributed by atoms with E-state index in [9.17, 15) is 18.8 Å². The second-order valence-electron chi connectivity index (χ2n) is 8.32. The number of rotatable bonds is 7. The molecule has 0 aliphatic carbocycles. The molecule has 0 unspecified atom stereocenters. The van der Waals surface area contributed by atoms with E-state index < -0.39 is 17.6 Å². The highest BCUT2D eigenvalue weighted by Gasteiger charge is 2.40. The number of thioether (sulfide) groups is 1. The van der Waals surface area contributed by atoms with E-state index in [0.29, 0.717) is 26.9 Å². The van der Waals surface area contributed by atoms with Crippen molar-refractivity contribution in [1.29, 1.82) is 0 Å². The highest BCUT2D eigenvalue weighted by Crippen LogP contribution is 2.38. The number of hydrogen-bond acceptors (Lipinski definition) is 5. The molecule has 0 bridgehead atoms. The average molecular weight is 623 g/mol. The lowest BCUT2D eigenvalue weighted by molar-refractivity contribution is -0.120. The molecule has 3 amide bonds. The van der Waals surface area contributed by atoms with Crippen molar-refractivity contribution in [2.45, 2.75) is 4.90 Å². The standard InChI is InChI=1S/C29H18BrClFN3O3S/c30-17-5-9-19(10-6-17)33-25-26(29(38)35(28(25)37)21-13-7-18(32)8-14-21)39-22-15-11-20(12-16-22)34-27(36)23-3-1-2-4-24(23)31/h1-16,33H,(H,34,36). The van der Waals surface area contributed by atoms with Gasteiger partial charge in [-0.15, -0.1) is 0 Å². The second kappa shape index (κ2) is 11.4. The molecule has 39 heavy (non-hydrogen) atoms. The molecule has 0 spiro atoms. The van der Waals surface area contributed by atoms with Crippen LogP contribution in [-0.2, 0) is 9.59 Å². The first-order valence-electron chi connectivity index (χ1n) is 11.5. The Bertz CT molecular complexity index is 1610. The van der Waals surface area contributed by atoms with Crippen molar-refractivity contribution in [2.24, 2.45) is 0 Å². The molecule has 0 fully saturated rings. The van der Waals surface area contributed by atoms with Gasteiger partial charge in [0, 0.05) is 20.7 Å². The number of benzene rings is 4. The molecule has 1 heterocycles. The molecule has 0 aromatic heterocycles. The fraction of sp³-hybridized carbons (Fsp3) is 0. The minimum atomic E-state index is -0.555. The van der Waals surface area contributed by atoms with Gasteiger partial charge in [0.15, 0.2) is 0 Å². The number of carbonyl (C=O) groups is 3. The van der Waals surface area contributed by atoms with Crippen LogP contribution in [0, 0.1) is 5.82 Å². The highest BCUT2D eigenvalue weighted by atomic mass is 79.9. The van der Waals surface area contributed by atoms with Gasteiger partial charge in [0.05, 0.1) is 16.3 Å². The Kier molecular flexibility index (Phi) is 7.83. The third-order valence-corrected chi connectivity index (χ3v) is 7.64. The van der Waals surface area contributed by atoms with Crippen molar-refractivity contribution in [3.05, 3.63) is 129 Å². The van der Waals surface area contributed by atoms with Crippen LogP contribution < -0.4 is 15.5 Å². The van der Waals surface area contributed by atoms with Gasteiger partial charge in [-0.3, -0.25) is 14.4 Å². The summed E-state index contributed by atoms with van der Waals surface area (Å²) in [5, 5.41) is 6.21. The van der Waals surface area contributed by atoms with E-state index >= 15 is 0 Å². The van der Waals surface area contributed by atoms with E-state index in [1.54, 1.807) is 60.7 Å². The molecule has 5 rings (SSSR count). The van der Waals surface area contributed by atoms with Crippen molar-refractivity contribution in [3.8, 4) is 0 Å². The number of carbonyl (C=O) groups excluding carboxylic acids is 3. The predicted molar refractivity (Wildman–Crippen MR) is 155 cm³/mol. The molecule has 194 valence electrons. The molecule has 1 aliphatic heterocycles. The number of nitrogens with one attached hydrogen (secondary N) is 2. The third kappa shape index (κ3) is 5.90. The van der Waals surface area contributed by atoms with Gasteiger partial charge in [0.25, 0.3) is 17.7 Å². The molecule has 4 aromatic rings. The van der Waals surface area contributed by atoms with Crippen LogP contribution in [0.3, 0.4) is 0 Å². The maximum Gasteiger partial charge on any atom is 0.283 e. The molecule has 2 N–H and O–H groups in total. The Morgan fingerprint density at radius 3 is 2.13 bits per heavy atom. The smallest absolute Gasteiger partial charge is 0.283 e. The summed E-state index contributed by atoms with van der Waals surface area (Å²) >= 11 is 10.6. The maximum atomic E-state index is 13.5. The molecular formula is C29H18BrClFN3O3S. The van der Waals surface area contributed by atoms with E-state index in [1.807, 2.05) is 12.1 Å². The summed E-state index contributed by atoms with van der Waals surface area (Å²) in [5.74, 6) is -1.92. The summed E-state index contributed by atoms with van der Waals surface area (Å²) in [6.45, 7) is 0. The zero-order valence-corrected chi connectivity index (χ0v) is 23.1. The van der Waals surface area contributed by atoms with Gasteiger partial charge in [0.2, 0.25) is 0 Å². The Balaban J connectivity index is 1.41. The number of nitrogens with zero attached hydrogens (tertiary/aromatic N) is 1. The van der Waals surface area contributed by atoms with Gasteiger partial charge in [-0.05, 0) is 84.9 Å². The Hall–Kier alpha value is -3.92. The fourth-order valence-electron chi connectivity index (χ4n) is 3.78. The number of imide groups is 1. The lowest BCUT2D eigenvalue weighted by atomic mass is 10.2. The first-order valence-corrected chi connectivity index (χ1v) is 13.5. The van der Waals surface area contributed by atoms with Crippen LogP contribution in [0.4, 0.5) is 21.5 Å². The zero-order chi connectivity index (χ0) is 27.5. The van der Waals surface area contributed by atoms with Crippen molar-refractivity contribution < 1.29 is 18.8 Å². The Morgan fingerprint density at radius 2 is 1.46 bits per heavy atom. The first kappa shape index (κ1) is 26.7. The summed E-state index contributed by atoms with van der Waals surface area (Å²) in [4.78, 5) is 41.3. The van der Waals surface area contributed by atoms with Crippen LogP contribution >= 0.6 is 39.3 Å². The van der Waals surface area contributed by atoms with Crippen LogP contribution in [0.25, 0.3) is 0 Å². The van der Waals surface area contributed by atoms with Crippen LogP contribution in [0.2, 0.25) is 5.02 Å². The third-order valence-electron chi connectivity index (χ3n) is 5.69. The molecule has 1 aliphatic rings. The fourth-order valence-corrected chi connectivity index (χ4v) is 5.20. The molecule has 0 radical (unpaired) electrons. The van der Waals surface area contributed by atoms with E-state index in [4.69, 9.17) is 11.6 Å². The van der Waals surface area contributed by atoms with Crippen molar-refractivity contribution in [1.82, 2.24) is 0 Å². The van der Waals surface area contributed by atoms with Gasteiger partial charge in [-0.2, -0.15) is 0 Å². The molecule has 10 heteroatoms. The van der Waals surface area contributed by atoms with Crippen LogP contribution in [-0.4, -0.2) is 17.7 Å². The Labute approximate surface area is 241 Å². The number of amides is 3. The van der Waals surface area contributed by atoms with E-state index in [1.165, 1.54) is 24.3 Å². The maximum absolute atomic E-state index is 13.5. The van der Waals surface area contributed by atoms with Gasteiger partial charge in [0.1, 0.15) is 16.4 Å². The van der Waals surface area contributed by atoms with Gasteiger partial charge < -0.3 is 10.6 Å². The predicted octanol–water partition coefficient (Wildman–Crippen LogP) is 7.48. The van der Waals surface area contributed by atoms with E-state index in [0.717, 1.165) is 21.1 Å². The van der Waals surface area contributed by atoms with Crippen LogP contribution in [0.1, 0.15) is 10.4 Å². The quantitative estimate of drug-likeness (QED) is 0.209. The van der Waals surface area contributed by atoms with Crippen molar-refractivity contribution in [3.63, 3.8) is 0 Å². The molecule has 0 saturated carbocycles. The number of anilines is 3. The highest BCUT2D eigenvalue weighted by molar-refractivity contribution is 9.10. The monoisotopic (exact) mass is 621 g/mol. The summed E-state index contributed by atoms with van der Waals surface area (Å²) in [6, 6.07) is 25.9. The van der Waals surface area contributed by atoms with Crippen molar-refractivity contribution >= 4 is 74.1 Å². The average Bonchev–Trinajstić information content (AvgIpc) is 3.15. The lowest BCUT2D eigenvalue weighted by Gasteiger charge is -2.15. The minimum absolute atomic E-state index is 0.104. The molecule has 0 saturated heterocycles. The Morgan fingerprint density at radius 1 is 0.821 bits per heavy atom. The van der Waals surface area contributed by atoms with E-state index in [-0.39, 0.29) is 22.2 Å². The largest absolute Gasteiger partial charge is 0.350 e. The van der Waals surface area contributed by atoms with Gasteiger partial charge >= 0.3 is 0 Å². The topological polar surface area (TPSA) is 78.5 Å². The van der Waals surface area contributed by atoms with Crippen molar-refractivity contribution in [2.75, 3.05) is 15.5 Å². The van der Waals surface area contributed by atoms with Crippen LogP contribution in [0.15, 0.2) is 117 Å². The lowest BCUT2D eigenvalue weighted by Crippen LogP contribution is -2.32. The van der Waals surface area contributed by atoms with Gasteiger partial charge in [-0.1, -0.05) is 51.4 Å². The molecular weight excluding hydrogens is 605 g/mol. The molecule has 4 aromatic carbocycles. The first-order chi connectivity index (χ1) is 18.8. The number of halogens is 3. The summed E-state index contributed by atoms with van der Waals surface area (Å²) in [7, 11) is 0. The SMILES string of the molecule is O=C(Nc1ccc(SC2=C(Nc3ccc(Br)cc3)C(=O)N(c3ccc(F)cc3)C2=O)cc1)c1ccccc1Cl. The molecule has 0 atom stereocenters. The van der Waals surface area contributed by atoms with Crippen LogP contribution in [0.5, 0.6) is 0 Å². The normalized spacial score (nSPS) is 13.2. The van der Waals surface area contributed by atoms with Gasteiger partial charge in [-0.25, -0.2) is 9.29 Å². The zero-order valence-electron chi connectivity index (χ0n) is 20.0. The minimum Gasteiger partial charge on any atom is -0.350 e.